The van der Waals surface area contributed by atoms with E-state index in [0.717, 1.165) is 30.5 Å². The van der Waals surface area contributed by atoms with Crippen LogP contribution in [0.4, 0.5) is 23.4 Å². The molecule has 2 aromatic carbocycles. The fraction of sp³-hybridized carbons (Fsp3) is 0.407. The Bertz CT molecular complexity index is 1380. The highest BCUT2D eigenvalue weighted by atomic mass is 32.2. The summed E-state index contributed by atoms with van der Waals surface area (Å²) in [6.07, 6.45) is -0.536. The molecule has 2 fully saturated rings. The maximum atomic E-state index is 15.6. The van der Waals surface area contributed by atoms with Gasteiger partial charge in [-0.3, -0.25) is 0 Å². The van der Waals surface area contributed by atoms with Crippen LogP contribution in [-0.2, 0) is 33.6 Å². The van der Waals surface area contributed by atoms with Gasteiger partial charge in [0.25, 0.3) is 0 Å². The van der Waals surface area contributed by atoms with E-state index in [0.29, 0.717) is 30.0 Å². The van der Waals surface area contributed by atoms with Crippen molar-refractivity contribution >= 4 is 15.7 Å². The zero-order chi connectivity index (χ0) is 26.9. The van der Waals surface area contributed by atoms with Gasteiger partial charge >= 0.3 is 6.18 Å². The van der Waals surface area contributed by atoms with Gasteiger partial charge in [0.1, 0.15) is 6.33 Å². The summed E-state index contributed by atoms with van der Waals surface area (Å²) in [6.45, 7) is 0.821. The normalized spacial score (nSPS) is 18.5. The predicted molar refractivity (Wildman–Crippen MR) is 133 cm³/mol. The van der Waals surface area contributed by atoms with Crippen LogP contribution in [0.15, 0.2) is 59.8 Å². The Hall–Kier alpha value is -3.05. The molecule has 0 radical (unpaired) electrons. The zero-order valence-electron chi connectivity index (χ0n) is 20.5. The van der Waals surface area contributed by atoms with E-state index in [1.165, 1.54) is 18.5 Å². The van der Waals surface area contributed by atoms with Crippen molar-refractivity contribution in [1.29, 1.82) is 0 Å². The van der Waals surface area contributed by atoms with Gasteiger partial charge in [-0.1, -0.05) is 24.3 Å². The topological polar surface area (TPSA) is 72.4 Å². The molecule has 0 unspecified atom stereocenters. The molecule has 1 aliphatic heterocycles. The Morgan fingerprint density at radius 1 is 0.974 bits per heavy atom. The number of sulfone groups is 1. The minimum Gasteiger partial charge on any atom is -0.377 e. The SMILES string of the molecule is O=S(=O)(CC1CC1)c1ccc(CCc2ncnc(N3CCOC[C@@H]3c3ccc(C(F)(F)F)cc3)c2F)cc1. The van der Waals surface area contributed by atoms with Crippen LogP contribution >= 0.6 is 0 Å². The van der Waals surface area contributed by atoms with Crippen molar-refractivity contribution in [3.8, 4) is 0 Å². The molecular weight excluding hydrogens is 522 g/mol. The molecule has 11 heteroatoms. The lowest BCUT2D eigenvalue weighted by atomic mass is 10.0. The number of aryl methyl sites for hydroxylation is 2. The van der Waals surface area contributed by atoms with Crippen molar-refractivity contribution in [2.45, 2.75) is 42.8 Å². The quantitative estimate of drug-likeness (QED) is 0.361. The minimum atomic E-state index is -4.44. The summed E-state index contributed by atoms with van der Waals surface area (Å²) in [6, 6.07) is 10.9. The fourth-order valence-electron chi connectivity index (χ4n) is 4.62. The Balaban J connectivity index is 1.30. The van der Waals surface area contributed by atoms with E-state index in [9.17, 15) is 21.6 Å². The first-order valence-corrected chi connectivity index (χ1v) is 14.1. The number of anilines is 1. The number of hydrogen-bond donors (Lipinski definition) is 0. The van der Waals surface area contributed by atoms with Crippen molar-refractivity contribution in [2.24, 2.45) is 5.92 Å². The predicted octanol–water partition coefficient (Wildman–Crippen LogP) is 5.18. The number of morpholine rings is 1. The second kappa shape index (κ2) is 10.6. The second-order valence-electron chi connectivity index (χ2n) is 9.73. The van der Waals surface area contributed by atoms with Crippen LogP contribution in [0.5, 0.6) is 0 Å². The first-order valence-electron chi connectivity index (χ1n) is 12.4. The van der Waals surface area contributed by atoms with Crippen LogP contribution in [0.2, 0.25) is 0 Å². The maximum Gasteiger partial charge on any atom is 0.416 e. The van der Waals surface area contributed by atoms with Gasteiger partial charge in [0.05, 0.1) is 41.2 Å². The molecular formula is C27H27F4N3O3S. The number of aromatic nitrogens is 2. The first-order chi connectivity index (χ1) is 18.1. The maximum absolute atomic E-state index is 15.6. The highest BCUT2D eigenvalue weighted by Crippen LogP contribution is 2.34. The molecule has 2 aliphatic rings. The third kappa shape index (κ3) is 5.99. The van der Waals surface area contributed by atoms with Crippen LogP contribution in [0.3, 0.4) is 0 Å². The van der Waals surface area contributed by atoms with Crippen molar-refractivity contribution in [3.63, 3.8) is 0 Å². The molecule has 1 saturated heterocycles. The van der Waals surface area contributed by atoms with E-state index in [1.807, 2.05) is 0 Å². The van der Waals surface area contributed by atoms with E-state index < -0.39 is 33.4 Å². The molecule has 2 heterocycles. The second-order valence-corrected chi connectivity index (χ2v) is 11.8. The number of ether oxygens (including phenoxy) is 1. The van der Waals surface area contributed by atoms with Crippen molar-refractivity contribution in [1.82, 2.24) is 9.97 Å². The molecule has 0 bridgehead atoms. The van der Waals surface area contributed by atoms with E-state index >= 15 is 4.39 Å². The van der Waals surface area contributed by atoms with Crippen LogP contribution in [-0.4, -0.2) is 43.9 Å². The minimum absolute atomic E-state index is 0.0738. The van der Waals surface area contributed by atoms with Gasteiger partial charge in [-0.25, -0.2) is 22.8 Å². The van der Waals surface area contributed by atoms with Gasteiger partial charge in [-0.15, -0.1) is 0 Å². The van der Waals surface area contributed by atoms with Crippen LogP contribution < -0.4 is 4.90 Å². The van der Waals surface area contributed by atoms with Crippen molar-refractivity contribution in [3.05, 3.63) is 83.1 Å². The summed E-state index contributed by atoms with van der Waals surface area (Å²) < 4.78 is 85.0. The highest BCUT2D eigenvalue weighted by Gasteiger charge is 2.33. The fourth-order valence-corrected chi connectivity index (χ4v) is 6.31. The summed E-state index contributed by atoms with van der Waals surface area (Å²) in [5, 5.41) is 0. The largest absolute Gasteiger partial charge is 0.416 e. The summed E-state index contributed by atoms with van der Waals surface area (Å²) in [5.41, 5.74) is 0.865. The third-order valence-electron chi connectivity index (χ3n) is 6.95. The van der Waals surface area contributed by atoms with Gasteiger partial charge in [0.15, 0.2) is 21.5 Å². The summed E-state index contributed by atoms with van der Waals surface area (Å²) in [5.74, 6) is -0.0735. The van der Waals surface area contributed by atoms with E-state index in [4.69, 9.17) is 4.74 Å². The molecule has 0 amide bonds. The molecule has 1 atom stereocenters. The van der Waals surface area contributed by atoms with Gasteiger partial charge in [-0.05, 0) is 67.0 Å². The van der Waals surface area contributed by atoms with Gasteiger partial charge in [-0.2, -0.15) is 13.2 Å². The van der Waals surface area contributed by atoms with E-state index in [1.54, 1.807) is 29.2 Å². The number of alkyl halides is 3. The van der Waals surface area contributed by atoms with Crippen LogP contribution in [0, 0.1) is 11.7 Å². The average Bonchev–Trinajstić information content (AvgIpc) is 3.71. The van der Waals surface area contributed by atoms with Gasteiger partial charge in [0.2, 0.25) is 0 Å². The molecule has 1 aliphatic carbocycles. The van der Waals surface area contributed by atoms with Crippen LogP contribution in [0.1, 0.15) is 41.3 Å². The molecule has 3 aromatic rings. The Labute approximate surface area is 218 Å². The smallest absolute Gasteiger partial charge is 0.377 e. The highest BCUT2D eigenvalue weighted by molar-refractivity contribution is 7.91. The lowest BCUT2D eigenvalue weighted by Crippen LogP contribution is -2.40. The van der Waals surface area contributed by atoms with Crippen molar-refractivity contribution in [2.75, 3.05) is 30.4 Å². The molecule has 5 rings (SSSR count). The number of halogens is 4. The van der Waals surface area contributed by atoms with E-state index in [2.05, 4.69) is 9.97 Å². The average molecular weight is 550 g/mol. The van der Waals surface area contributed by atoms with Crippen molar-refractivity contribution < 1.29 is 30.7 Å². The lowest BCUT2D eigenvalue weighted by Gasteiger charge is -2.37. The molecule has 1 aromatic heterocycles. The van der Waals surface area contributed by atoms with Crippen LogP contribution in [0.25, 0.3) is 0 Å². The molecule has 202 valence electrons. The molecule has 0 N–H and O–H groups in total. The van der Waals surface area contributed by atoms with Gasteiger partial charge < -0.3 is 9.64 Å². The number of rotatable bonds is 8. The van der Waals surface area contributed by atoms with Gasteiger partial charge in [0, 0.05) is 6.54 Å². The number of benzene rings is 2. The Kier molecular flexibility index (Phi) is 7.41. The van der Waals surface area contributed by atoms with E-state index in [-0.39, 0.29) is 36.2 Å². The summed E-state index contributed by atoms with van der Waals surface area (Å²) >= 11 is 0. The molecule has 0 spiro atoms. The lowest BCUT2D eigenvalue weighted by molar-refractivity contribution is -0.137. The molecule has 1 saturated carbocycles. The Morgan fingerprint density at radius 3 is 2.34 bits per heavy atom. The monoisotopic (exact) mass is 549 g/mol. The Morgan fingerprint density at radius 2 is 1.68 bits per heavy atom. The number of hydrogen-bond acceptors (Lipinski definition) is 6. The molecule has 6 nitrogen and oxygen atoms in total. The third-order valence-corrected chi connectivity index (χ3v) is 8.85. The number of nitrogens with zero attached hydrogens (tertiary/aromatic N) is 3. The standard InChI is InChI=1S/C27H27F4N3O3S/c28-25-23(12-5-18-3-10-22(11-4-18)38(35,36)16-19-1-2-19)32-17-33-26(25)34-13-14-37-15-24(34)20-6-8-21(9-7-20)27(29,30)31/h3-4,6-11,17,19,24H,1-2,5,12-16H2/t24-/m1/s1. The zero-order valence-corrected chi connectivity index (χ0v) is 21.3. The first kappa shape index (κ1) is 26.6. The summed E-state index contributed by atoms with van der Waals surface area (Å²) in [4.78, 5) is 10.3. The molecule has 38 heavy (non-hydrogen) atoms. The summed E-state index contributed by atoms with van der Waals surface area (Å²) in [7, 11) is -3.30.